The van der Waals surface area contributed by atoms with Crippen LogP contribution in [0.4, 0.5) is 4.39 Å². The van der Waals surface area contributed by atoms with Crippen molar-refractivity contribution in [1.29, 1.82) is 0 Å². The van der Waals surface area contributed by atoms with Crippen molar-refractivity contribution in [3.8, 4) is 11.4 Å². The maximum Gasteiger partial charge on any atom is 0.236 e. The molecule has 0 aliphatic rings. The van der Waals surface area contributed by atoms with E-state index >= 15 is 0 Å². The highest BCUT2D eigenvalue weighted by Gasteiger charge is 2.27. The summed E-state index contributed by atoms with van der Waals surface area (Å²) in [4.78, 5) is 14.6. The number of nitrogen functional groups attached to an aromatic ring is 1. The van der Waals surface area contributed by atoms with Crippen molar-refractivity contribution in [1.82, 2.24) is 19.8 Å². The van der Waals surface area contributed by atoms with E-state index in [4.69, 9.17) is 5.84 Å². The molecule has 0 unspecified atom stereocenters. The third-order valence-corrected chi connectivity index (χ3v) is 4.81. The average molecular weight is 365 g/mol. The summed E-state index contributed by atoms with van der Waals surface area (Å²) >= 11 is 1.26. The molecule has 0 aliphatic heterocycles. The second-order valence-corrected chi connectivity index (χ2v) is 7.68. The second-order valence-electron chi connectivity index (χ2n) is 6.38. The summed E-state index contributed by atoms with van der Waals surface area (Å²) in [6.45, 7) is 9.80. The summed E-state index contributed by atoms with van der Waals surface area (Å²) in [5.74, 6) is 6.19. The number of nitrogens with two attached hydrogens (primary N) is 1. The van der Waals surface area contributed by atoms with Crippen molar-refractivity contribution in [3.05, 3.63) is 30.1 Å². The molecular weight excluding hydrogens is 341 g/mol. The van der Waals surface area contributed by atoms with Gasteiger partial charge >= 0.3 is 0 Å². The first-order valence-corrected chi connectivity index (χ1v) is 9.05. The Balaban J connectivity index is 2.18. The summed E-state index contributed by atoms with van der Waals surface area (Å²) in [5, 5.41) is 8.22. The molecule has 25 heavy (non-hydrogen) atoms. The van der Waals surface area contributed by atoms with Crippen LogP contribution in [-0.4, -0.2) is 43.0 Å². The molecule has 8 heteroatoms. The van der Waals surface area contributed by atoms with Gasteiger partial charge in [-0.1, -0.05) is 11.8 Å². The lowest BCUT2D eigenvalue weighted by atomic mass is 10.2. The molecular formula is C17H24FN5OS. The highest BCUT2D eigenvalue weighted by Crippen LogP contribution is 2.26. The fourth-order valence-corrected chi connectivity index (χ4v) is 3.50. The number of aromatic nitrogens is 3. The van der Waals surface area contributed by atoms with Crippen molar-refractivity contribution >= 4 is 17.7 Å². The van der Waals surface area contributed by atoms with Crippen LogP contribution >= 0.6 is 11.8 Å². The van der Waals surface area contributed by atoms with E-state index in [1.54, 1.807) is 12.1 Å². The molecule has 0 radical (unpaired) electrons. The standard InChI is InChI=1S/C17H24FN5OS/c1-10(2)22(11(3)4)16(24)12(5)25-17-21-20-15(23(17)19)13-6-8-14(18)9-7-13/h6-12H,19H2,1-5H3/t12-/m0/s1. The van der Waals surface area contributed by atoms with Gasteiger partial charge in [0.05, 0.1) is 5.25 Å². The van der Waals surface area contributed by atoms with Crippen molar-refractivity contribution in [2.75, 3.05) is 5.84 Å². The van der Waals surface area contributed by atoms with E-state index in [1.807, 2.05) is 39.5 Å². The van der Waals surface area contributed by atoms with Gasteiger partial charge in [0.2, 0.25) is 11.1 Å². The number of hydrogen-bond donors (Lipinski definition) is 1. The third-order valence-electron chi connectivity index (χ3n) is 3.76. The molecule has 136 valence electrons. The molecule has 0 spiro atoms. The molecule has 1 amide bonds. The number of rotatable bonds is 6. The van der Waals surface area contributed by atoms with Crippen molar-refractivity contribution in [2.24, 2.45) is 0 Å². The van der Waals surface area contributed by atoms with Gasteiger partial charge in [-0.15, -0.1) is 10.2 Å². The lowest BCUT2D eigenvalue weighted by molar-refractivity contribution is -0.133. The zero-order valence-electron chi connectivity index (χ0n) is 15.1. The summed E-state index contributed by atoms with van der Waals surface area (Å²) in [5.41, 5.74) is 0.660. The first-order chi connectivity index (χ1) is 11.7. The summed E-state index contributed by atoms with van der Waals surface area (Å²) < 4.78 is 14.4. The Morgan fingerprint density at radius 1 is 1.12 bits per heavy atom. The second kappa shape index (κ2) is 7.86. The molecule has 1 atom stereocenters. The molecule has 2 rings (SSSR count). The monoisotopic (exact) mass is 365 g/mol. The fourth-order valence-electron chi connectivity index (χ4n) is 2.68. The van der Waals surface area contributed by atoms with Crippen molar-refractivity contribution < 1.29 is 9.18 Å². The number of carbonyl (C=O) groups is 1. The SMILES string of the molecule is CC(C)N(C(=O)[C@H](C)Sc1nnc(-c2ccc(F)cc2)n1N)C(C)C. The van der Waals surface area contributed by atoms with Gasteiger partial charge in [-0.2, -0.15) is 0 Å². The van der Waals surface area contributed by atoms with Crippen molar-refractivity contribution in [3.63, 3.8) is 0 Å². The van der Waals surface area contributed by atoms with Gasteiger partial charge in [0, 0.05) is 17.6 Å². The van der Waals surface area contributed by atoms with E-state index in [0.717, 1.165) is 0 Å². The van der Waals surface area contributed by atoms with Gasteiger partial charge in [-0.25, -0.2) is 9.07 Å². The molecule has 1 heterocycles. The van der Waals surface area contributed by atoms with Crippen LogP contribution in [0.2, 0.25) is 0 Å². The Bertz CT molecular complexity index is 721. The third kappa shape index (κ3) is 4.31. The first kappa shape index (κ1) is 19.2. The maximum atomic E-state index is 13.1. The number of benzene rings is 1. The quantitative estimate of drug-likeness (QED) is 0.629. The zero-order chi connectivity index (χ0) is 18.7. The number of carbonyl (C=O) groups excluding carboxylic acids is 1. The Labute approximate surface area is 151 Å². The molecule has 0 saturated carbocycles. The van der Waals surface area contributed by atoms with E-state index in [2.05, 4.69) is 10.2 Å². The average Bonchev–Trinajstić information content (AvgIpc) is 2.88. The van der Waals surface area contributed by atoms with Gasteiger partial charge in [-0.3, -0.25) is 4.79 Å². The van der Waals surface area contributed by atoms with E-state index < -0.39 is 0 Å². The molecule has 0 aliphatic carbocycles. The van der Waals surface area contributed by atoms with Gasteiger partial charge in [0.25, 0.3) is 0 Å². The van der Waals surface area contributed by atoms with Gasteiger partial charge in [0.1, 0.15) is 5.82 Å². The highest BCUT2D eigenvalue weighted by atomic mass is 32.2. The number of hydrogen-bond acceptors (Lipinski definition) is 5. The molecule has 2 aromatic rings. The number of thioether (sulfide) groups is 1. The summed E-state index contributed by atoms with van der Waals surface area (Å²) in [6, 6.07) is 6.08. The molecule has 0 bridgehead atoms. The molecule has 1 aromatic carbocycles. The Morgan fingerprint density at radius 2 is 1.68 bits per heavy atom. The van der Waals surface area contributed by atoms with Crippen LogP contribution in [0.15, 0.2) is 29.4 Å². The highest BCUT2D eigenvalue weighted by molar-refractivity contribution is 8.00. The number of halogens is 1. The molecule has 1 aromatic heterocycles. The molecule has 2 N–H and O–H groups in total. The topological polar surface area (TPSA) is 77.0 Å². The van der Waals surface area contributed by atoms with Gasteiger partial charge in [0.15, 0.2) is 5.82 Å². The Hall–Kier alpha value is -2.09. The minimum Gasteiger partial charge on any atom is -0.337 e. The predicted molar refractivity (Wildman–Crippen MR) is 98.0 cm³/mol. The zero-order valence-corrected chi connectivity index (χ0v) is 15.9. The van der Waals surface area contributed by atoms with E-state index in [9.17, 15) is 9.18 Å². The van der Waals surface area contributed by atoms with Crippen LogP contribution in [-0.2, 0) is 4.79 Å². The normalized spacial score (nSPS) is 12.6. The van der Waals surface area contributed by atoms with Crippen LogP contribution in [0.5, 0.6) is 0 Å². The smallest absolute Gasteiger partial charge is 0.236 e. The summed E-state index contributed by atoms with van der Waals surface area (Å²) in [6.07, 6.45) is 0. The van der Waals surface area contributed by atoms with Gasteiger partial charge < -0.3 is 10.7 Å². The van der Waals surface area contributed by atoms with Crippen LogP contribution in [0, 0.1) is 5.82 Å². The maximum absolute atomic E-state index is 13.1. The lowest BCUT2D eigenvalue weighted by Gasteiger charge is -2.32. The van der Waals surface area contributed by atoms with Gasteiger partial charge in [-0.05, 0) is 58.9 Å². The minimum atomic E-state index is -0.350. The van der Waals surface area contributed by atoms with E-state index in [-0.39, 0.29) is 29.1 Å². The largest absolute Gasteiger partial charge is 0.337 e. The molecule has 6 nitrogen and oxygen atoms in total. The van der Waals surface area contributed by atoms with Crippen molar-refractivity contribution in [2.45, 2.75) is 57.1 Å². The molecule has 0 saturated heterocycles. The first-order valence-electron chi connectivity index (χ1n) is 8.17. The van der Waals surface area contributed by atoms with Crippen LogP contribution in [0.3, 0.4) is 0 Å². The number of nitrogens with zero attached hydrogens (tertiary/aromatic N) is 4. The Kier molecular flexibility index (Phi) is 6.05. The van der Waals surface area contributed by atoms with E-state index in [1.165, 1.54) is 28.6 Å². The minimum absolute atomic E-state index is 0.0290. The van der Waals surface area contributed by atoms with E-state index in [0.29, 0.717) is 16.5 Å². The number of amides is 1. The van der Waals surface area contributed by atoms with Crippen LogP contribution in [0.25, 0.3) is 11.4 Å². The Morgan fingerprint density at radius 3 is 2.20 bits per heavy atom. The molecule has 0 fully saturated rings. The summed E-state index contributed by atoms with van der Waals surface area (Å²) in [7, 11) is 0. The predicted octanol–water partition coefficient (Wildman–Crippen LogP) is 2.92. The fraction of sp³-hybridized carbons (Fsp3) is 0.471. The van der Waals surface area contributed by atoms with Crippen LogP contribution in [0.1, 0.15) is 34.6 Å². The lowest BCUT2D eigenvalue weighted by Crippen LogP contribution is -2.45. The van der Waals surface area contributed by atoms with Crippen LogP contribution < -0.4 is 5.84 Å².